The smallest absolute Gasteiger partial charge is 0.219 e. The SMILES string of the molecule is CC(=O)N1CCN(c2cc3c(cc2F)c(=O)c(C(=O)/C=C/c2ccccc2)cn3C2CC2)CC1C. The summed E-state index contributed by atoms with van der Waals surface area (Å²) in [6, 6.07) is 12.5. The van der Waals surface area contributed by atoms with Gasteiger partial charge < -0.3 is 14.4 Å². The first-order valence-electron chi connectivity index (χ1n) is 12.0. The number of carbonyl (C=O) groups is 2. The highest BCUT2D eigenvalue weighted by Crippen LogP contribution is 2.38. The molecular formula is C28H28FN3O3. The van der Waals surface area contributed by atoms with E-state index >= 15 is 4.39 Å². The quantitative estimate of drug-likeness (QED) is 0.406. The molecule has 1 amide bonds. The van der Waals surface area contributed by atoms with Crippen LogP contribution in [0.3, 0.4) is 0 Å². The molecule has 2 fully saturated rings. The molecule has 180 valence electrons. The predicted molar refractivity (Wildman–Crippen MR) is 135 cm³/mol. The van der Waals surface area contributed by atoms with E-state index in [4.69, 9.17) is 0 Å². The normalized spacial score (nSPS) is 18.4. The van der Waals surface area contributed by atoms with Gasteiger partial charge in [-0.3, -0.25) is 14.4 Å². The number of fused-ring (bicyclic) bond motifs is 1. The molecule has 1 saturated carbocycles. The van der Waals surface area contributed by atoms with Gasteiger partial charge in [0.05, 0.1) is 16.8 Å². The Balaban J connectivity index is 1.54. The molecule has 1 atom stereocenters. The van der Waals surface area contributed by atoms with E-state index in [9.17, 15) is 14.4 Å². The largest absolute Gasteiger partial charge is 0.365 e. The van der Waals surface area contributed by atoms with Gasteiger partial charge in [-0.25, -0.2) is 4.39 Å². The van der Waals surface area contributed by atoms with E-state index in [0.29, 0.717) is 30.8 Å². The lowest BCUT2D eigenvalue weighted by Crippen LogP contribution is -2.53. The number of benzene rings is 2. The fraction of sp³-hybridized carbons (Fsp3) is 0.321. The Morgan fingerprint density at radius 3 is 2.49 bits per heavy atom. The zero-order chi connectivity index (χ0) is 24.7. The van der Waals surface area contributed by atoms with Crippen molar-refractivity contribution in [3.05, 3.63) is 81.9 Å². The molecule has 0 radical (unpaired) electrons. The number of allylic oxidation sites excluding steroid dienone is 1. The highest BCUT2D eigenvalue weighted by Gasteiger charge is 2.30. The van der Waals surface area contributed by atoms with Gasteiger partial charge in [0.25, 0.3) is 0 Å². The van der Waals surface area contributed by atoms with Crippen LogP contribution >= 0.6 is 0 Å². The third-order valence-electron chi connectivity index (χ3n) is 6.91. The number of rotatable bonds is 5. The molecule has 0 spiro atoms. The summed E-state index contributed by atoms with van der Waals surface area (Å²) in [6.45, 7) is 5.04. The van der Waals surface area contributed by atoms with Crippen molar-refractivity contribution >= 4 is 34.4 Å². The Morgan fingerprint density at radius 1 is 1.09 bits per heavy atom. The number of carbonyl (C=O) groups excluding carboxylic acids is 2. The van der Waals surface area contributed by atoms with Crippen molar-refractivity contribution in [2.45, 2.75) is 38.8 Å². The number of hydrogen-bond acceptors (Lipinski definition) is 4. The lowest BCUT2D eigenvalue weighted by Gasteiger charge is -2.40. The van der Waals surface area contributed by atoms with E-state index in [1.807, 2.05) is 46.7 Å². The number of pyridine rings is 1. The van der Waals surface area contributed by atoms with Crippen molar-refractivity contribution in [2.75, 3.05) is 24.5 Å². The molecule has 1 saturated heterocycles. The lowest BCUT2D eigenvalue weighted by molar-refractivity contribution is -0.131. The molecule has 2 aliphatic rings. The first-order valence-corrected chi connectivity index (χ1v) is 12.0. The van der Waals surface area contributed by atoms with Crippen LogP contribution in [0.2, 0.25) is 0 Å². The highest BCUT2D eigenvalue weighted by atomic mass is 19.1. The Morgan fingerprint density at radius 2 is 1.83 bits per heavy atom. The van der Waals surface area contributed by atoms with Gasteiger partial charge in [0.2, 0.25) is 11.3 Å². The van der Waals surface area contributed by atoms with Gasteiger partial charge in [0.1, 0.15) is 5.82 Å². The minimum absolute atomic E-state index is 0.0113. The molecule has 2 aromatic carbocycles. The zero-order valence-corrected chi connectivity index (χ0v) is 19.9. The molecule has 35 heavy (non-hydrogen) atoms. The van der Waals surface area contributed by atoms with Crippen LogP contribution in [0.15, 0.2) is 59.5 Å². The van der Waals surface area contributed by atoms with Gasteiger partial charge >= 0.3 is 0 Å². The maximum absolute atomic E-state index is 15.3. The number of nitrogens with zero attached hydrogens (tertiary/aromatic N) is 3. The molecular weight excluding hydrogens is 445 g/mol. The number of piperazine rings is 1. The van der Waals surface area contributed by atoms with Gasteiger partial charge in [-0.05, 0) is 43.5 Å². The molecule has 1 unspecified atom stereocenters. The van der Waals surface area contributed by atoms with Crippen molar-refractivity contribution in [3.8, 4) is 0 Å². The number of hydrogen-bond donors (Lipinski definition) is 0. The maximum Gasteiger partial charge on any atom is 0.219 e. The summed E-state index contributed by atoms with van der Waals surface area (Å²) in [7, 11) is 0. The van der Waals surface area contributed by atoms with E-state index in [2.05, 4.69) is 0 Å². The Hall–Kier alpha value is -3.74. The fourth-order valence-corrected chi connectivity index (χ4v) is 4.90. The van der Waals surface area contributed by atoms with Gasteiger partial charge in [-0.1, -0.05) is 36.4 Å². The predicted octanol–water partition coefficient (Wildman–Crippen LogP) is 4.43. The third kappa shape index (κ3) is 4.50. The first kappa shape index (κ1) is 23.0. The van der Waals surface area contributed by atoms with Crippen molar-refractivity contribution < 1.29 is 14.0 Å². The van der Waals surface area contributed by atoms with Crippen LogP contribution in [0.25, 0.3) is 17.0 Å². The molecule has 2 heterocycles. The summed E-state index contributed by atoms with van der Waals surface area (Å²) in [6.07, 6.45) is 6.62. The van der Waals surface area contributed by atoms with Crippen LogP contribution in [0.1, 0.15) is 48.7 Å². The van der Waals surface area contributed by atoms with Gasteiger partial charge in [0, 0.05) is 50.2 Å². The molecule has 6 nitrogen and oxygen atoms in total. The first-order chi connectivity index (χ1) is 16.8. The summed E-state index contributed by atoms with van der Waals surface area (Å²) in [5.41, 5.74) is 1.51. The minimum Gasteiger partial charge on any atom is -0.365 e. The summed E-state index contributed by atoms with van der Waals surface area (Å²) in [4.78, 5) is 41.8. The van der Waals surface area contributed by atoms with Gasteiger partial charge in [-0.2, -0.15) is 0 Å². The van der Waals surface area contributed by atoms with Gasteiger partial charge in [0.15, 0.2) is 5.78 Å². The van der Waals surface area contributed by atoms with Crippen LogP contribution in [-0.4, -0.2) is 46.8 Å². The van der Waals surface area contributed by atoms with E-state index < -0.39 is 17.0 Å². The second-order valence-electron chi connectivity index (χ2n) is 9.45. The molecule has 1 aliphatic carbocycles. The third-order valence-corrected chi connectivity index (χ3v) is 6.91. The second kappa shape index (κ2) is 9.13. The monoisotopic (exact) mass is 473 g/mol. The molecule has 3 aromatic rings. The Kier molecular flexibility index (Phi) is 6.01. The number of ketones is 1. The molecule has 5 rings (SSSR count). The van der Waals surface area contributed by atoms with Crippen LogP contribution in [0.5, 0.6) is 0 Å². The average molecular weight is 474 g/mol. The van der Waals surface area contributed by atoms with Crippen molar-refractivity contribution in [1.82, 2.24) is 9.47 Å². The van der Waals surface area contributed by atoms with Crippen molar-refractivity contribution in [3.63, 3.8) is 0 Å². The number of anilines is 1. The van der Waals surface area contributed by atoms with Crippen LogP contribution in [-0.2, 0) is 4.79 Å². The standard InChI is InChI=1S/C28H28FN3O3/c1-18-16-30(12-13-31(18)19(2)33)26-15-25-22(14-24(26)29)28(35)23(17-32(25)21-9-10-21)27(34)11-8-20-6-4-3-5-7-20/h3-8,11,14-15,17-18,21H,9-10,12-13,16H2,1-2H3/b11-8+. The topological polar surface area (TPSA) is 62.6 Å². The highest BCUT2D eigenvalue weighted by molar-refractivity contribution is 6.08. The Bertz CT molecular complexity index is 1390. The maximum atomic E-state index is 15.3. The number of amides is 1. The average Bonchev–Trinajstić information content (AvgIpc) is 3.68. The minimum atomic E-state index is -0.496. The van der Waals surface area contributed by atoms with E-state index in [1.165, 1.54) is 12.1 Å². The molecule has 0 N–H and O–H groups in total. The zero-order valence-electron chi connectivity index (χ0n) is 19.9. The summed E-state index contributed by atoms with van der Waals surface area (Å²) in [5.74, 6) is -0.879. The van der Waals surface area contributed by atoms with Crippen LogP contribution < -0.4 is 10.3 Å². The van der Waals surface area contributed by atoms with Crippen LogP contribution in [0, 0.1) is 5.82 Å². The summed E-state index contributed by atoms with van der Waals surface area (Å²) < 4.78 is 17.3. The van der Waals surface area contributed by atoms with Crippen molar-refractivity contribution in [1.29, 1.82) is 0 Å². The molecule has 7 heteroatoms. The second-order valence-corrected chi connectivity index (χ2v) is 9.45. The summed E-state index contributed by atoms with van der Waals surface area (Å²) >= 11 is 0. The lowest BCUT2D eigenvalue weighted by atomic mass is 10.0. The van der Waals surface area contributed by atoms with E-state index in [1.54, 1.807) is 30.2 Å². The van der Waals surface area contributed by atoms with E-state index in [-0.39, 0.29) is 28.9 Å². The summed E-state index contributed by atoms with van der Waals surface area (Å²) in [5, 5.41) is 0.215. The fourth-order valence-electron chi connectivity index (χ4n) is 4.90. The number of halogens is 1. The van der Waals surface area contributed by atoms with Crippen LogP contribution in [0.4, 0.5) is 10.1 Å². The Labute approximate surface area is 203 Å². The molecule has 1 aliphatic heterocycles. The molecule has 1 aromatic heterocycles. The number of aromatic nitrogens is 1. The van der Waals surface area contributed by atoms with Crippen molar-refractivity contribution in [2.24, 2.45) is 0 Å². The molecule has 0 bridgehead atoms. The van der Waals surface area contributed by atoms with Gasteiger partial charge in [-0.15, -0.1) is 0 Å². The van der Waals surface area contributed by atoms with E-state index in [0.717, 1.165) is 18.4 Å².